The lowest BCUT2D eigenvalue weighted by atomic mass is 10.2. The van der Waals surface area contributed by atoms with Crippen molar-refractivity contribution in [1.29, 1.82) is 0 Å². The number of anilines is 2. The fourth-order valence-electron chi connectivity index (χ4n) is 1.74. The smallest absolute Gasteiger partial charge is 0.398 e. The van der Waals surface area contributed by atoms with Crippen LogP contribution in [0.5, 0.6) is 0 Å². The number of nitrogen functional groups attached to an aromatic ring is 1. The normalized spacial score (nSPS) is 11.3. The second kappa shape index (κ2) is 7.14. The van der Waals surface area contributed by atoms with Crippen LogP contribution in [0.3, 0.4) is 0 Å². The summed E-state index contributed by atoms with van der Waals surface area (Å²) in [6, 6.07) is 9.76. The molecule has 0 radical (unpaired) electrons. The van der Waals surface area contributed by atoms with Crippen molar-refractivity contribution in [3.05, 3.63) is 53.1 Å². The lowest BCUT2D eigenvalue weighted by Crippen LogP contribution is -2.15. The number of amides is 1. The number of nitrogens with two attached hydrogens (primary N) is 1. The Morgan fingerprint density at radius 3 is 2.57 bits per heavy atom. The third kappa shape index (κ3) is 4.80. The van der Waals surface area contributed by atoms with Crippen molar-refractivity contribution >= 4 is 40.6 Å². The molecule has 0 spiro atoms. The monoisotopic (exact) mass is 360 g/mol. The van der Waals surface area contributed by atoms with Gasteiger partial charge in [0.05, 0.1) is 22.0 Å². The minimum absolute atomic E-state index is 0.000781. The van der Waals surface area contributed by atoms with Crippen LogP contribution < -0.4 is 11.1 Å². The van der Waals surface area contributed by atoms with Crippen LogP contribution in [0.1, 0.15) is 5.56 Å². The number of benzene rings is 2. The van der Waals surface area contributed by atoms with Gasteiger partial charge in [0.1, 0.15) is 0 Å². The van der Waals surface area contributed by atoms with Crippen LogP contribution in [0.2, 0.25) is 5.02 Å². The number of alkyl halides is 3. The predicted octanol–water partition coefficient (Wildman–Crippen LogP) is 4.67. The highest BCUT2D eigenvalue weighted by Gasteiger charge is 2.31. The van der Waals surface area contributed by atoms with E-state index in [2.05, 4.69) is 5.32 Å². The van der Waals surface area contributed by atoms with Gasteiger partial charge in [0.15, 0.2) is 0 Å². The summed E-state index contributed by atoms with van der Waals surface area (Å²) in [5.41, 5.74) is 5.33. The van der Waals surface area contributed by atoms with E-state index in [1.54, 1.807) is 24.3 Å². The van der Waals surface area contributed by atoms with Crippen LogP contribution in [-0.2, 0) is 11.0 Å². The second-order valence-electron chi connectivity index (χ2n) is 4.57. The van der Waals surface area contributed by atoms with E-state index in [4.69, 9.17) is 17.3 Å². The van der Waals surface area contributed by atoms with Crippen LogP contribution in [0.25, 0.3) is 0 Å². The van der Waals surface area contributed by atoms with E-state index in [1.807, 2.05) is 0 Å². The lowest BCUT2D eigenvalue weighted by Gasteiger charge is -2.12. The molecule has 2 aromatic rings. The number of rotatable bonds is 4. The number of hydrogen-bond donors (Lipinski definition) is 2. The summed E-state index contributed by atoms with van der Waals surface area (Å²) in [5.74, 6) is -0.472. The maximum atomic E-state index is 12.7. The largest absolute Gasteiger partial charge is 0.416 e. The Kier molecular flexibility index (Phi) is 5.43. The lowest BCUT2D eigenvalue weighted by molar-refractivity contribution is -0.137. The van der Waals surface area contributed by atoms with Crippen molar-refractivity contribution in [2.75, 3.05) is 16.8 Å². The first kappa shape index (κ1) is 17.5. The highest BCUT2D eigenvalue weighted by Crippen LogP contribution is 2.34. The summed E-state index contributed by atoms with van der Waals surface area (Å²) < 4.78 is 38.0. The zero-order chi connectivity index (χ0) is 17.0. The molecule has 23 heavy (non-hydrogen) atoms. The van der Waals surface area contributed by atoms with E-state index in [0.29, 0.717) is 5.69 Å². The number of halogens is 4. The highest BCUT2D eigenvalue weighted by molar-refractivity contribution is 8.00. The number of nitrogens with one attached hydrogen (secondary N) is 1. The fraction of sp³-hybridized carbons (Fsp3) is 0.133. The highest BCUT2D eigenvalue weighted by atomic mass is 35.5. The Bertz CT molecular complexity index is 722. The standard InChI is InChI=1S/C15H12ClF3N2OS/c16-10-6-5-9(15(17,18)19)7-12(10)21-14(22)8-23-13-4-2-1-3-11(13)20/h1-7H,8,20H2,(H,21,22). The molecule has 8 heteroatoms. The van der Waals surface area contributed by atoms with Gasteiger partial charge in [0, 0.05) is 10.6 Å². The number of para-hydroxylation sites is 1. The molecule has 3 N–H and O–H groups in total. The van der Waals surface area contributed by atoms with Crippen molar-refractivity contribution in [2.24, 2.45) is 0 Å². The Labute approximate surface area is 140 Å². The van der Waals surface area contributed by atoms with E-state index in [9.17, 15) is 18.0 Å². The minimum atomic E-state index is -4.50. The van der Waals surface area contributed by atoms with E-state index >= 15 is 0 Å². The molecule has 1 amide bonds. The third-order valence-electron chi connectivity index (χ3n) is 2.85. The molecule has 0 aliphatic carbocycles. The van der Waals surface area contributed by atoms with Crippen LogP contribution in [0, 0.1) is 0 Å². The van der Waals surface area contributed by atoms with Crippen molar-refractivity contribution in [3.63, 3.8) is 0 Å². The summed E-state index contributed by atoms with van der Waals surface area (Å²) >= 11 is 7.01. The molecule has 0 heterocycles. The summed E-state index contributed by atoms with van der Waals surface area (Å²) in [6.45, 7) is 0. The van der Waals surface area contributed by atoms with Gasteiger partial charge in [-0.3, -0.25) is 4.79 Å². The molecule has 0 fully saturated rings. The van der Waals surface area contributed by atoms with E-state index in [-0.39, 0.29) is 16.5 Å². The molecule has 3 nitrogen and oxygen atoms in total. The quantitative estimate of drug-likeness (QED) is 0.615. The Hall–Kier alpha value is -1.86. The van der Waals surface area contributed by atoms with Gasteiger partial charge < -0.3 is 11.1 Å². The third-order valence-corrected chi connectivity index (χ3v) is 4.26. The minimum Gasteiger partial charge on any atom is -0.398 e. The van der Waals surface area contributed by atoms with Gasteiger partial charge in [-0.25, -0.2) is 0 Å². The molecule has 0 bridgehead atoms. The van der Waals surface area contributed by atoms with Crippen molar-refractivity contribution < 1.29 is 18.0 Å². The molecule has 2 rings (SSSR count). The number of carbonyl (C=O) groups excluding carboxylic acids is 1. The van der Waals surface area contributed by atoms with Crippen LogP contribution >= 0.6 is 23.4 Å². The van der Waals surface area contributed by atoms with Crippen molar-refractivity contribution in [1.82, 2.24) is 0 Å². The number of hydrogen-bond acceptors (Lipinski definition) is 3. The molecule has 0 saturated heterocycles. The zero-order valence-corrected chi connectivity index (χ0v) is 13.2. The summed E-state index contributed by atoms with van der Waals surface area (Å²) in [7, 11) is 0. The first-order valence-corrected chi connectivity index (χ1v) is 7.77. The molecule has 0 saturated carbocycles. The van der Waals surface area contributed by atoms with Gasteiger partial charge in [-0.2, -0.15) is 13.2 Å². The molecule has 122 valence electrons. The topological polar surface area (TPSA) is 55.1 Å². The van der Waals surface area contributed by atoms with Crippen LogP contribution in [0.4, 0.5) is 24.5 Å². The van der Waals surface area contributed by atoms with Gasteiger partial charge >= 0.3 is 6.18 Å². The predicted molar refractivity (Wildman–Crippen MR) is 86.7 cm³/mol. The summed E-state index contributed by atoms with van der Waals surface area (Å²) in [6.07, 6.45) is -4.50. The van der Waals surface area contributed by atoms with E-state index < -0.39 is 17.6 Å². The van der Waals surface area contributed by atoms with E-state index in [0.717, 1.165) is 23.1 Å². The van der Waals surface area contributed by atoms with Crippen LogP contribution in [-0.4, -0.2) is 11.7 Å². The van der Waals surface area contributed by atoms with E-state index in [1.165, 1.54) is 11.8 Å². The van der Waals surface area contributed by atoms with Gasteiger partial charge in [0.2, 0.25) is 5.91 Å². The maximum absolute atomic E-state index is 12.7. The molecule has 0 aliphatic rings. The second-order valence-corrected chi connectivity index (χ2v) is 5.99. The van der Waals surface area contributed by atoms with Gasteiger partial charge in [-0.1, -0.05) is 23.7 Å². The molecule has 0 aliphatic heterocycles. The first-order chi connectivity index (χ1) is 10.8. The molecule has 0 atom stereocenters. The van der Waals surface area contributed by atoms with Crippen molar-refractivity contribution in [3.8, 4) is 0 Å². The van der Waals surface area contributed by atoms with Crippen molar-refractivity contribution in [2.45, 2.75) is 11.1 Å². The number of thioether (sulfide) groups is 1. The first-order valence-electron chi connectivity index (χ1n) is 6.41. The van der Waals surface area contributed by atoms with Crippen LogP contribution in [0.15, 0.2) is 47.4 Å². The Morgan fingerprint density at radius 2 is 1.91 bits per heavy atom. The SMILES string of the molecule is Nc1ccccc1SCC(=O)Nc1cc(C(F)(F)F)ccc1Cl. The molecular weight excluding hydrogens is 349 g/mol. The average Bonchev–Trinajstić information content (AvgIpc) is 2.47. The van der Waals surface area contributed by atoms with Gasteiger partial charge in [-0.15, -0.1) is 11.8 Å². The maximum Gasteiger partial charge on any atom is 0.416 e. The fourth-order valence-corrected chi connectivity index (χ4v) is 2.67. The Balaban J connectivity index is 2.04. The zero-order valence-electron chi connectivity index (χ0n) is 11.7. The molecule has 2 aromatic carbocycles. The van der Waals surface area contributed by atoms with Gasteiger partial charge in [-0.05, 0) is 30.3 Å². The molecule has 0 aromatic heterocycles. The number of carbonyl (C=O) groups is 1. The molecule has 0 unspecified atom stereocenters. The summed E-state index contributed by atoms with van der Waals surface area (Å²) in [4.78, 5) is 12.6. The summed E-state index contributed by atoms with van der Waals surface area (Å²) in [5, 5.41) is 2.42. The Morgan fingerprint density at radius 1 is 1.22 bits per heavy atom. The average molecular weight is 361 g/mol. The van der Waals surface area contributed by atoms with Gasteiger partial charge in [0.25, 0.3) is 0 Å². The molecular formula is C15H12ClF3N2OS.